The van der Waals surface area contributed by atoms with Crippen LogP contribution in [0.1, 0.15) is 24.2 Å². The first-order valence-corrected chi connectivity index (χ1v) is 12.5. The van der Waals surface area contributed by atoms with Gasteiger partial charge in [-0.05, 0) is 38.1 Å². The molecule has 190 valence electrons. The maximum absolute atomic E-state index is 12.2. The molecule has 0 aliphatic rings. The lowest BCUT2D eigenvalue weighted by Crippen LogP contribution is -2.29. The van der Waals surface area contributed by atoms with Gasteiger partial charge in [-0.15, -0.1) is 0 Å². The highest BCUT2D eigenvalue weighted by Crippen LogP contribution is 2.35. The summed E-state index contributed by atoms with van der Waals surface area (Å²) in [6.07, 6.45) is 0.715. The number of aromatic nitrogens is 2. The first kappa shape index (κ1) is 27.4. The smallest absolute Gasteiger partial charge is 0.261 e. The number of benzene rings is 2. The molecule has 3 aromatic rings. The number of aromatic hydroxyl groups is 3. The van der Waals surface area contributed by atoms with Gasteiger partial charge < -0.3 is 30.9 Å². The lowest BCUT2D eigenvalue weighted by molar-refractivity contribution is 0.0954. The monoisotopic (exact) mass is 507 g/mol. The largest absolute Gasteiger partial charge is 0.504 e. The van der Waals surface area contributed by atoms with Crippen molar-refractivity contribution in [2.45, 2.75) is 13.8 Å². The topological polar surface area (TPSA) is 185 Å². The van der Waals surface area contributed by atoms with Crippen molar-refractivity contribution in [3.05, 3.63) is 42.0 Å². The second-order valence-corrected chi connectivity index (χ2v) is 8.81. The first-order chi connectivity index (χ1) is 16.4. The summed E-state index contributed by atoms with van der Waals surface area (Å²) < 4.78 is 25.9. The van der Waals surface area contributed by atoms with E-state index in [4.69, 9.17) is 4.55 Å². The maximum atomic E-state index is 12.2. The van der Waals surface area contributed by atoms with E-state index >= 15 is 0 Å². The number of hydrogen-bond donors (Lipinski definition) is 6. The molecule has 0 bridgehead atoms. The van der Waals surface area contributed by atoms with Gasteiger partial charge in [0.05, 0.1) is 11.8 Å². The van der Waals surface area contributed by atoms with Gasteiger partial charge in [-0.25, -0.2) is 4.98 Å². The summed E-state index contributed by atoms with van der Waals surface area (Å²) in [7, 11) is -3.67. The van der Waals surface area contributed by atoms with E-state index in [1.807, 2.05) is 38.1 Å². The van der Waals surface area contributed by atoms with E-state index in [-0.39, 0.29) is 12.1 Å². The maximum Gasteiger partial charge on any atom is 0.261 e. The summed E-state index contributed by atoms with van der Waals surface area (Å²) in [6.45, 7) is 6.35. The summed E-state index contributed by atoms with van der Waals surface area (Å²) in [5.74, 6) is -0.951. The van der Waals surface area contributed by atoms with Crippen LogP contribution < -0.4 is 15.5 Å². The average molecular weight is 508 g/mol. The molecular formula is C22H29N5O7S. The Bertz CT molecular complexity index is 1250. The van der Waals surface area contributed by atoms with Gasteiger partial charge in [0.25, 0.3) is 16.0 Å². The lowest BCUT2D eigenvalue weighted by atomic mass is 10.1. The van der Waals surface area contributed by atoms with Crippen molar-refractivity contribution in [1.82, 2.24) is 15.3 Å². The zero-order valence-corrected chi connectivity index (χ0v) is 20.4. The number of anilines is 2. The standard InChI is InChI=1S/C21H25N5O4.CH4O3S/c1-3-26(4-2)21-24-15-8-6-5-7-14(15)19(25-21)22-9-10-23-20(30)13-11-16(27)18(29)17(28)12-13;1-5(2,3)4/h5-8,11-12,27-29H,3-4,9-10H2,1-2H3,(H,23,30)(H,22,24,25);1H3,(H,2,3,4). The molecule has 0 fully saturated rings. The molecule has 0 radical (unpaired) electrons. The van der Waals surface area contributed by atoms with Crippen LogP contribution in [0.2, 0.25) is 0 Å². The molecule has 0 atom stereocenters. The Morgan fingerprint density at radius 3 is 2.14 bits per heavy atom. The van der Waals surface area contributed by atoms with Crippen LogP contribution >= 0.6 is 0 Å². The predicted octanol–water partition coefficient (Wildman–Crippen LogP) is 1.94. The number of phenolic OH excluding ortho intramolecular Hbond substituents is 3. The van der Waals surface area contributed by atoms with Gasteiger partial charge in [0, 0.05) is 37.1 Å². The van der Waals surface area contributed by atoms with Crippen LogP contribution in [0.25, 0.3) is 10.9 Å². The second-order valence-electron chi connectivity index (χ2n) is 7.34. The highest BCUT2D eigenvalue weighted by molar-refractivity contribution is 7.85. The number of carbonyl (C=O) groups excluding carboxylic acids is 1. The van der Waals surface area contributed by atoms with E-state index in [0.717, 1.165) is 36.1 Å². The van der Waals surface area contributed by atoms with Gasteiger partial charge in [0.1, 0.15) is 5.82 Å². The van der Waals surface area contributed by atoms with Crippen LogP contribution in [0, 0.1) is 0 Å². The number of phenols is 3. The van der Waals surface area contributed by atoms with Crippen LogP contribution in [0.3, 0.4) is 0 Å². The molecule has 1 amide bonds. The fourth-order valence-electron chi connectivity index (χ4n) is 3.04. The number of nitrogens with zero attached hydrogens (tertiary/aromatic N) is 3. The van der Waals surface area contributed by atoms with Crippen LogP contribution in [0.4, 0.5) is 11.8 Å². The Morgan fingerprint density at radius 2 is 1.57 bits per heavy atom. The molecule has 0 aliphatic heterocycles. The van der Waals surface area contributed by atoms with Gasteiger partial charge in [0.2, 0.25) is 5.95 Å². The molecule has 6 N–H and O–H groups in total. The number of para-hydroxylation sites is 1. The molecule has 35 heavy (non-hydrogen) atoms. The Labute approximate surface area is 203 Å². The molecule has 0 spiro atoms. The zero-order valence-electron chi connectivity index (χ0n) is 19.6. The fourth-order valence-corrected chi connectivity index (χ4v) is 3.04. The van der Waals surface area contributed by atoms with Crippen molar-refractivity contribution in [3.8, 4) is 17.2 Å². The average Bonchev–Trinajstić information content (AvgIpc) is 2.79. The predicted molar refractivity (Wildman–Crippen MR) is 133 cm³/mol. The quantitative estimate of drug-likeness (QED) is 0.149. The third-order valence-corrected chi connectivity index (χ3v) is 4.67. The zero-order chi connectivity index (χ0) is 26.2. The van der Waals surface area contributed by atoms with Crippen LogP contribution in [-0.4, -0.2) is 76.6 Å². The van der Waals surface area contributed by atoms with Crippen LogP contribution in [-0.2, 0) is 10.1 Å². The fraction of sp³-hybridized carbons (Fsp3) is 0.318. The van der Waals surface area contributed by atoms with E-state index in [9.17, 15) is 28.5 Å². The van der Waals surface area contributed by atoms with Gasteiger partial charge in [-0.2, -0.15) is 13.4 Å². The van der Waals surface area contributed by atoms with Crippen molar-refractivity contribution < 1.29 is 33.1 Å². The van der Waals surface area contributed by atoms with E-state index in [0.29, 0.717) is 24.6 Å². The Kier molecular flexibility index (Phi) is 9.42. The van der Waals surface area contributed by atoms with E-state index in [1.165, 1.54) is 0 Å². The Morgan fingerprint density at radius 1 is 1.00 bits per heavy atom. The van der Waals surface area contributed by atoms with Crippen molar-refractivity contribution in [2.24, 2.45) is 0 Å². The molecule has 2 aromatic carbocycles. The molecule has 0 saturated heterocycles. The number of hydrogen-bond acceptors (Lipinski definition) is 10. The number of carbonyl (C=O) groups is 1. The third kappa shape index (κ3) is 8.15. The van der Waals surface area contributed by atoms with Crippen molar-refractivity contribution in [2.75, 3.05) is 42.7 Å². The summed E-state index contributed by atoms with van der Waals surface area (Å²) in [5.41, 5.74) is 0.870. The first-order valence-electron chi connectivity index (χ1n) is 10.7. The number of amides is 1. The van der Waals surface area contributed by atoms with E-state index in [2.05, 4.69) is 25.5 Å². The van der Waals surface area contributed by atoms with Crippen molar-refractivity contribution >= 4 is 38.7 Å². The number of rotatable bonds is 8. The SMILES string of the molecule is CCN(CC)c1nc(NCCNC(=O)c2cc(O)c(O)c(O)c2)c2ccccc2n1.CS(=O)(=O)O. The molecule has 1 heterocycles. The normalized spacial score (nSPS) is 10.9. The van der Waals surface area contributed by atoms with Crippen molar-refractivity contribution in [3.63, 3.8) is 0 Å². The van der Waals surface area contributed by atoms with Crippen LogP contribution in [0.15, 0.2) is 36.4 Å². The van der Waals surface area contributed by atoms with Gasteiger partial charge >= 0.3 is 0 Å². The summed E-state index contributed by atoms with van der Waals surface area (Å²) in [6, 6.07) is 9.89. The highest BCUT2D eigenvalue weighted by Gasteiger charge is 2.14. The molecule has 0 saturated carbocycles. The molecule has 13 heteroatoms. The Balaban J connectivity index is 0.000000784. The molecule has 1 aromatic heterocycles. The lowest BCUT2D eigenvalue weighted by Gasteiger charge is -2.20. The minimum atomic E-state index is -3.67. The molecule has 12 nitrogen and oxygen atoms in total. The number of fused-ring (bicyclic) bond motifs is 1. The minimum absolute atomic E-state index is 0.0408. The number of nitrogens with one attached hydrogen (secondary N) is 2. The molecule has 3 rings (SSSR count). The van der Waals surface area contributed by atoms with Crippen molar-refractivity contribution in [1.29, 1.82) is 0 Å². The van der Waals surface area contributed by atoms with E-state index < -0.39 is 33.3 Å². The minimum Gasteiger partial charge on any atom is -0.504 e. The summed E-state index contributed by atoms with van der Waals surface area (Å²) in [4.78, 5) is 23.6. The second kappa shape index (κ2) is 12.0. The van der Waals surface area contributed by atoms with Gasteiger partial charge in [-0.3, -0.25) is 9.35 Å². The summed E-state index contributed by atoms with van der Waals surface area (Å²) >= 11 is 0. The third-order valence-electron chi connectivity index (χ3n) is 4.67. The highest BCUT2D eigenvalue weighted by atomic mass is 32.2. The summed E-state index contributed by atoms with van der Waals surface area (Å²) in [5, 5.41) is 35.3. The van der Waals surface area contributed by atoms with Crippen LogP contribution in [0.5, 0.6) is 17.2 Å². The van der Waals surface area contributed by atoms with E-state index in [1.54, 1.807) is 0 Å². The van der Waals surface area contributed by atoms with Gasteiger partial charge in [-0.1, -0.05) is 12.1 Å². The molecule has 0 aliphatic carbocycles. The Hall–Kier alpha value is -3.84. The molecule has 0 unspecified atom stereocenters. The molecular weight excluding hydrogens is 478 g/mol. The van der Waals surface area contributed by atoms with Gasteiger partial charge in [0.15, 0.2) is 17.2 Å².